The van der Waals surface area contributed by atoms with Gasteiger partial charge in [0.15, 0.2) is 0 Å². The molecule has 0 aliphatic carbocycles. The van der Waals surface area contributed by atoms with Gasteiger partial charge in [0, 0.05) is 44.3 Å². The van der Waals surface area contributed by atoms with Crippen molar-refractivity contribution in [3.05, 3.63) is 24.5 Å². The lowest BCUT2D eigenvalue weighted by atomic mass is 10.3. The van der Waals surface area contributed by atoms with Crippen LogP contribution in [-0.4, -0.2) is 43.2 Å². The van der Waals surface area contributed by atoms with Crippen molar-refractivity contribution in [1.82, 2.24) is 15.4 Å². The van der Waals surface area contributed by atoms with E-state index in [4.69, 9.17) is 0 Å². The van der Waals surface area contributed by atoms with Crippen molar-refractivity contribution in [1.29, 1.82) is 0 Å². The molecule has 0 unspecified atom stereocenters. The quantitative estimate of drug-likeness (QED) is 0.732. The topological polar surface area (TPSA) is 31.4 Å². The second kappa shape index (κ2) is 4.39. The van der Waals surface area contributed by atoms with Crippen molar-refractivity contribution in [3.8, 4) is 0 Å². The first-order valence-electron chi connectivity index (χ1n) is 4.97. The van der Waals surface area contributed by atoms with Gasteiger partial charge in [0.1, 0.15) is 0 Å². The van der Waals surface area contributed by atoms with Crippen LogP contribution < -0.4 is 10.3 Å². The summed E-state index contributed by atoms with van der Waals surface area (Å²) in [5.74, 6) is 0. The molecule has 14 heavy (non-hydrogen) atoms. The Morgan fingerprint density at radius 1 is 1.14 bits per heavy atom. The molecule has 2 rings (SSSR count). The molecule has 2 heterocycles. The first-order chi connectivity index (χ1) is 6.90. The van der Waals surface area contributed by atoms with Gasteiger partial charge in [0.25, 0.3) is 0 Å². The molecule has 0 aromatic carbocycles. The van der Waals surface area contributed by atoms with Crippen molar-refractivity contribution < 1.29 is 0 Å². The molecule has 1 aliphatic heterocycles. The van der Waals surface area contributed by atoms with Gasteiger partial charge in [-0.25, -0.2) is 5.01 Å². The van der Waals surface area contributed by atoms with Crippen molar-refractivity contribution in [2.45, 2.75) is 0 Å². The Labute approximate surface area is 84.5 Å². The minimum absolute atomic E-state index is 1.07. The number of nitrogens with one attached hydrogen (secondary N) is 1. The minimum Gasteiger partial charge on any atom is -0.369 e. The first-order valence-corrected chi connectivity index (χ1v) is 4.97. The zero-order valence-corrected chi connectivity index (χ0v) is 8.48. The average Bonchev–Trinajstić information content (AvgIpc) is 2.30. The Bertz CT molecular complexity index is 267. The van der Waals surface area contributed by atoms with Crippen LogP contribution in [0.3, 0.4) is 0 Å². The van der Waals surface area contributed by atoms with Crippen LogP contribution in [0.4, 0.5) is 5.69 Å². The average molecular weight is 192 g/mol. The molecular weight excluding hydrogens is 176 g/mol. The molecule has 4 nitrogen and oxygen atoms in total. The molecular formula is C10H16N4. The first kappa shape index (κ1) is 9.43. The molecule has 0 amide bonds. The summed E-state index contributed by atoms with van der Waals surface area (Å²) < 4.78 is 0. The number of aromatic nitrogens is 1. The van der Waals surface area contributed by atoms with Gasteiger partial charge in [0.05, 0.1) is 0 Å². The Hall–Kier alpha value is -1.13. The summed E-state index contributed by atoms with van der Waals surface area (Å²) in [5, 5.41) is 2.23. The highest BCUT2D eigenvalue weighted by molar-refractivity contribution is 5.44. The number of anilines is 1. The smallest absolute Gasteiger partial charge is 0.0397 e. The normalized spacial score (nSPS) is 18.5. The maximum Gasteiger partial charge on any atom is 0.0397 e. The minimum atomic E-state index is 1.07. The third-order valence-corrected chi connectivity index (χ3v) is 2.62. The molecule has 0 bridgehead atoms. The highest BCUT2D eigenvalue weighted by Crippen LogP contribution is 2.13. The summed E-state index contributed by atoms with van der Waals surface area (Å²) >= 11 is 0. The second-order valence-corrected chi connectivity index (χ2v) is 3.40. The van der Waals surface area contributed by atoms with E-state index in [9.17, 15) is 0 Å². The van der Waals surface area contributed by atoms with Crippen LogP contribution in [0.15, 0.2) is 24.5 Å². The lowest BCUT2D eigenvalue weighted by Gasteiger charge is -2.35. The molecule has 1 N–H and O–H groups in total. The molecule has 0 saturated carbocycles. The molecule has 1 saturated heterocycles. The van der Waals surface area contributed by atoms with Crippen LogP contribution >= 0.6 is 0 Å². The lowest BCUT2D eigenvalue weighted by Crippen LogP contribution is -2.50. The van der Waals surface area contributed by atoms with Crippen LogP contribution in [0.1, 0.15) is 0 Å². The number of piperazine rings is 1. The molecule has 0 atom stereocenters. The van der Waals surface area contributed by atoms with Crippen LogP contribution in [0.2, 0.25) is 0 Å². The predicted molar refractivity (Wildman–Crippen MR) is 57.1 cm³/mol. The molecule has 0 spiro atoms. The maximum atomic E-state index is 4.02. The fraction of sp³-hybridized carbons (Fsp3) is 0.500. The van der Waals surface area contributed by atoms with E-state index in [2.05, 4.69) is 32.5 Å². The Balaban J connectivity index is 1.96. The standard InChI is InChI=1S/C10H16N4/c1-11-14-8-6-13(7-9-14)10-2-4-12-5-3-10/h2-5,11H,6-9H2,1H3. The Morgan fingerprint density at radius 2 is 1.79 bits per heavy atom. The Kier molecular flexibility index (Phi) is 2.96. The number of rotatable bonds is 2. The van der Waals surface area contributed by atoms with Gasteiger partial charge in [-0.15, -0.1) is 0 Å². The zero-order valence-electron chi connectivity index (χ0n) is 8.48. The molecule has 1 aliphatic rings. The highest BCUT2D eigenvalue weighted by atomic mass is 15.5. The van der Waals surface area contributed by atoms with Crippen molar-refractivity contribution in [2.24, 2.45) is 0 Å². The van der Waals surface area contributed by atoms with Gasteiger partial charge in [-0.3, -0.25) is 10.4 Å². The number of hydrogen-bond acceptors (Lipinski definition) is 4. The van der Waals surface area contributed by atoms with Crippen LogP contribution in [-0.2, 0) is 0 Å². The second-order valence-electron chi connectivity index (χ2n) is 3.40. The summed E-state index contributed by atoms with van der Waals surface area (Å²) in [5.41, 5.74) is 4.44. The number of pyridine rings is 1. The molecule has 4 heteroatoms. The molecule has 1 aromatic heterocycles. The number of hydrogen-bond donors (Lipinski definition) is 1. The summed E-state index contributed by atoms with van der Waals surface area (Å²) in [6, 6.07) is 4.13. The van der Waals surface area contributed by atoms with Crippen LogP contribution in [0.25, 0.3) is 0 Å². The van der Waals surface area contributed by atoms with E-state index >= 15 is 0 Å². The number of hydrazine groups is 1. The maximum absolute atomic E-state index is 4.02. The highest BCUT2D eigenvalue weighted by Gasteiger charge is 2.15. The Morgan fingerprint density at radius 3 is 2.36 bits per heavy atom. The van der Waals surface area contributed by atoms with Gasteiger partial charge in [-0.1, -0.05) is 0 Å². The lowest BCUT2D eigenvalue weighted by molar-refractivity contribution is 0.195. The monoisotopic (exact) mass is 192 g/mol. The van der Waals surface area contributed by atoms with E-state index < -0.39 is 0 Å². The van der Waals surface area contributed by atoms with Gasteiger partial charge in [0.2, 0.25) is 0 Å². The SMILES string of the molecule is CNN1CCN(c2ccncc2)CC1. The van der Waals surface area contributed by atoms with Gasteiger partial charge in [-0.05, 0) is 19.2 Å². The van der Waals surface area contributed by atoms with Gasteiger partial charge < -0.3 is 4.90 Å². The van der Waals surface area contributed by atoms with E-state index in [0.29, 0.717) is 0 Å². The van der Waals surface area contributed by atoms with Crippen molar-refractivity contribution in [2.75, 3.05) is 38.1 Å². The summed E-state index contributed by atoms with van der Waals surface area (Å²) in [6.45, 7) is 4.29. The predicted octanol–water partition coefficient (Wildman–Crippen LogP) is 0.338. The van der Waals surface area contributed by atoms with Crippen LogP contribution in [0, 0.1) is 0 Å². The summed E-state index contributed by atoms with van der Waals surface area (Å²) in [7, 11) is 1.97. The number of nitrogens with zero attached hydrogens (tertiary/aromatic N) is 3. The van der Waals surface area contributed by atoms with Gasteiger partial charge >= 0.3 is 0 Å². The molecule has 1 fully saturated rings. The van der Waals surface area contributed by atoms with E-state index in [0.717, 1.165) is 26.2 Å². The third kappa shape index (κ3) is 2.02. The zero-order chi connectivity index (χ0) is 9.80. The van der Waals surface area contributed by atoms with E-state index in [1.165, 1.54) is 5.69 Å². The van der Waals surface area contributed by atoms with Crippen molar-refractivity contribution in [3.63, 3.8) is 0 Å². The van der Waals surface area contributed by atoms with Crippen LogP contribution in [0.5, 0.6) is 0 Å². The molecule has 76 valence electrons. The van der Waals surface area contributed by atoms with E-state index in [-0.39, 0.29) is 0 Å². The van der Waals surface area contributed by atoms with E-state index in [1.54, 1.807) is 0 Å². The van der Waals surface area contributed by atoms with E-state index in [1.807, 2.05) is 19.4 Å². The third-order valence-electron chi connectivity index (χ3n) is 2.62. The fourth-order valence-electron chi connectivity index (χ4n) is 1.74. The van der Waals surface area contributed by atoms with Gasteiger partial charge in [-0.2, -0.15) is 0 Å². The summed E-state index contributed by atoms with van der Waals surface area (Å²) in [4.78, 5) is 6.41. The largest absolute Gasteiger partial charge is 0.369 e. The fourth-order valence-corrected chi connectivity index (χ4v) is 1.74. The van der Waals surface area contributed by atoms with Crippen molar-refractivity contribution >= 4 is 5.69 Å². The summed E-state index contributed by atoms with van der Waals surface area (Å²) in [6.07, 6.45) is 3.69. The molecule has 1 aromatic rings. The molecule has 0 radical (unpaired) electrons.